The molecule has 84 valence electrons. The lowest BCUT2D eigenvalue weighted by atomic mass is 10.1. The lowest BCUT2D eigenvalue weighted by Crippen LogP contribution is -2.47. The molecular weight excluding hydrogens is 250 g/mol. The van der Waals surface area contributed by atoms with Gasteiger partial charge in [-0.25, -0.2) is 0 Å². The van der Waals surface area contributed by atoms with Crippen molar-refractivity contribution in [3.05, 3.63) is 0 Å². The van der Waals surface area contributed by atoms with Gasteiger partial charge in [-0.05, 0) is 20.9 Å². The van der Waals surface area contributed by atoms with Crippen molar-refractivity contribution in [3.8, 4) is 0 Å². The summed E-state index contributed by atoms with van der Waals surface area (Å²) in [6.07, 6.45) is 0. The number of methoxy groups -OCH3 is 1. The second kappa shape index (κ2) is 5.68. The van der Waals surface area contributed by atoms with Crippen molar-refractivity contribution < 1.29 is 14.6 Å². The van der Waals surface area contributed by atoms with E-state index in [2.05, 4.69) is 20.7 Å². The highest BCUT2D eigenvalue weighted by molar-refractivity contribution is 9.10. The first-order valence-electron chi connectivity index (χ1n) is 4.39. The second-order valence-electron chi connectivity index (χ2n) is 3.84. The molecule has 0 aromatic carbocycles. The van der Waals surface area contributed by atoms with Gasteiger partial charge in [0.2, 0.25) is 0 Å². The molecule has 1 atom stereocenters. The number of ether oxygens (including phenoxy) is 1. The predicted molar refractivity (Wildman–Crippen MR) is 58.5 cm³/mol. The Balaban J connectivity index is 4.18. The molecule has 0 aliphatic heterocycles. The molecule has 0 fully saturated rings. The van der Waals surface area contributed by atoms with Crippen LogP contribution < -0.4 is 0 Å². The van der Waals surface area contributed by atoms with E-state index in [1.807, 2.05) is 25.8 Å². The predicted octanol–water partition coefficient (Wildman–Crippen LogP) is 0.626. The van der Waals surface area contributed by atoms with Crippen molar-refractivity contribution in [1.82, 2.24) is 4.90 Å². The molecule has 14 heavy (non-hydrogen) atoms. The number of hydrogen-bond acceptors (Lipinski definition) is 4. The number of aliphatic hydroxyl groups excluding tert-OH is 1. The number of rotatable bonds is 5. The van der Waals surface area contributed by atoms with E-state index in [-0.39, 0.29) is 22.9 Å². The third-order valence-corrected chi connectivity index (χ3v) is 2.97. The molecule has 0 aliphatic carbocycles. The van der Waals surface area contributed by atoms with Crippen molar-refractivity contribution in [3.63, 3.8) is 0 Å². The van der Waals surface area contributed by atoms with Gasteiger partial charge in [0.05, 0.1) is 13.7 Å². The van der Waals surface area contributed by atoms with E-state index in [1.165, 1.54) is 7.11 Å². The van der Waals surface area contributed by atoms with Crippen LogP contribution in [0.4, 0.5) is 0 Å². The summed E-state index contributed by atoms with van der Waals surface area (Å²) < 4.78 is 4.58. The van der Waals surface area contributed by atoms with Crippen LogP contribution in [0.1, 0.15) is 13.8 Å². The molecular formula is C9H18BrNO3. The van der Waals surface area contributed by atoms with Crippen LogP contribution in [-0.4, -0.2) is 53.7 Å². The Labute approximate surface area is 93.4 Å². The second-order valence-corrected chi connectivity index (χ2v) is 4.95. The lowest BCUT2D eigenvalue weighted by molar-refractivity contribution is -0.140. The van der Waals surface area contributed by atoms with E-state index in [4.69, 9.17) is 5.11 Å². The number of esters is 1. The van der Waals surface area contributed by atoms with Crippen LogP contribution in [0.15, 0.2) is 0 Å². The molecule has 0 aromatic heterocycles. The maximum atomic E-state index is 11.1. The summed E-state index contributed by atoms with van der Waals surface area (Å²) >= 11 is 3.23. The van der Waals surface area contributed by atoms with Crippen molar-refractivity contribution in [2.75, 3.05) is 27.3 Å². The summed E-state index contributed by atoms with van der Waals surface area (Å²) in [6, 6.07) is 0. The molecule has 0 spiro atoms. The van der Waals surface area contributed by atoms with Gasteiger partial charge < -0.3 is 9.84 Å². The molecule has 5 heteroatoms. The Hall–Kier alpha value is -0.130. The van der Waals surface area contributed by atoms with Gasteiger partial charge in [0, 0.05) is 12.1 Å². The highest BCUT2D eigenvalue weighted by Gasteiger charge is 2.26. The quantitative estimate of drug-likeness (QED) is 0.587. The number of likely N-dealkylation sites (N-methyl/N-ethyl adjacent to an activating group) is 1. The van der Waals surface area contributed by atoms with Crippen LogP contribution in [0.2, 0.25) is 0 Å². The highest BCUT2D eigenvalue weighted by atomic mass is 79.9. The van der Waals surface area contributed by atoms with Gasteiger partial charge in [0.15, 0.2) is 0 Å². The number of carbonyl (C=O) groups is 1. The van der Waals surface area contributed by atoms with E-state index in [9.17, 15) is 4.79 Å². The molecule has 0 amide bonds. The molecule has 0 rings (SSSR count). The monoisotopic (exact) mass is 267 g/mol. The molecule has 0 saturated carbocycles. The maximum absolute atomic E-state index is 11.1. The summed E-state index contributed by atoms with van der Waals surface area (Å²) in [5, 5.41) is 9.10. The molecule has 0 heterocycles. The molecule has 0 bridgehead atoms. The van der Waals surface area contributed by atoms with Crippen molar-refractivity contribution in [1.29, 1.82) is 0 Å². The fourth-order valence-electron chi connectivity index (χ4n) is 0.811. The molecule has 4 nitrogen and oxygen atoms in total. The zero-order chi connectivity index (χ0) is 11.4. The van der Waals surface area contributed by atoms with Gasteiger partial charge in [0.25, 0.3) is 0 Å². The van der Waals surface area contributed by atoms with Crippen molar-refractivity contribution >= 4 is 21.9 Å². The van der Waals surface area contributed by atoms with Crippen molar-refractivity contribution in [2.24, 2.45) is 0 Å². The maximum Gasteiger partial charge on any atom is 0.320 e. The van der Waals surface area contributed by atoms with Gasteiger partial charge in [-0.3, -0.25) is 9.69 Å². The average Bonchev–Trinajstić information content (AvgIpc) is 2.16. The third kappa shape index (κ3) is 3.94. The standard InChI is InChI=1S/C9H18BrNO3/c1-9(2,6-12)11(3)5-7(10)8(13)14-4/h7,12H,5-6H2,1-4H3. The van der Waals surface area contributed by atoms with Crippen LogP contribution in [0.5, 0.6) is 0 Å². The first-order valence-corrected chi connectivity index (χ1v) is 5.30. The molecule has 1 N–H and O–H groups in total. The Morgan fingerprint density at radius 3 is 2.50 bits per heavy atom. The normalized spacial score (nSPS) is 14.2. The summed E-state index contributed by atoms with van der Waals surface area (Å²) in [7, 11) is 3.21. The SMILES string of the molecule is COC(=O)C(Br)CN(C)C(C)(C)CO. The highest BCUT2D eigenvalue weighted by Crippen LogP contribution is 2.14. The fourth-order valence-corrected chi connectivity index (χ4v) is 1.43. The smallest absolute Gasteiger partial charge is 0.320 e. The zero-order valence-electron chi connectivity index (χ0n) is 9.08. The minimum absolute atomic E-state index is 0.0460. The minimum Gasteiger partial charge on any atom is -0.468 e. The first-order chi connectivity index (χ1) is 6.35. The van der Waals surface area contributed by atoms with Crippen LogP contribution in [0.25, 0.3) is 0 Å². The molecule has 1 unspecified atom stereocenters. The summed E-state index contributed by atoms with van der Waals surface area (Å²) in [5.41, 5.74) is -0.333. The van der Waals surface area contributed by atoms with E-state index < -0.39 is 0 Å². The summed E-state index contributed by atoms with van der Waals surface area (Å²) in [5.74, 6) is -0.300. The summed E-state index contributed by atoms with van der Waals surface area (Å²) in [6.45, 7) is 4.36. The number of alkyl halides is 1. The van der Waals surface area contributed by atoms with Crippen LogP contribution in [-0.2, 0) is 9.53 Å². The molecule has 0 aromatic rings. The van der Waals surface area contributed by atoms with Gasteiger partial charge in [-0.2, -0.15) is 0 Å². The molecule has 0 saturated heterocycles. The third-order valence-electron chi connectivity index (χ3n) is 2.31. The Morgan fingerprint density at radius 1 is 1.64 bits per heavy atom. The van der Waals surface area contributed by atoms with Gasteiger partial charge in [-0.1, -0.05) is 15.9 Å². The van der Waals surface area contributed by atoms with E-state index in [1.54, 1.807) is 0 Å². The van der Waals surface area contributed by atoms with Gasteiger partial charge in [-0.15, -0.1) is 0 Å². The molecule has 0 aliphatic rings. The number of nitrogens with zero attached hydrogens (tertiary/aromatic N) is 1. The first kappa shape index (κ1) is 13.9. The topological polar surface area (TPSA) is 49.8 Å². The zero-order valence-corrected chi connectivity index (χ0v) is 10.7. The summed E-state index contributed by atoms with van der Waals surface area (Å²) in [4.78, 5) is 12.7. The minimum atomic E-state index is -0.358. The number of halogens is 1. The van der Waals surface area contributed by atoms with E-state index >= 15 is 0 Å². The number of aliphatic hydroxyl groups is 1. The molecule has 0 radical (unpaired) electrons. The lowest BCUT2D eigenvalue weighted by Gasteiger charge is -2.34. The van der Waals surface area contributed by atoms with Crippen LogP contribution >= 0.6 is 15.9 Å². The Bertz CT molecular complexity index is 196. The van der Waals surface area contributed by atoms with Crippen molar-refractivity contribution in [2.45, 2.75) is 24.2 Å². The van der Waals surface area contributed by atoms with Crippen LogP contribution in [0.3, 0.4) is 0 Å². The fraction of sp³-hybridized carbons (Fsp3) is 0.889. The number of hydrogen-bond donors (Lipinski definition) is 1. The van der Waals surface area contributed by atoms with Gasteiger partial charge >= 0.3 is 5.97 Å². The van der Waals surface area contributed by atoms with Crippen LogP contribution in [0, 0.1) is 0 Å². The largest absolute Gasteiger partial charge is 0.468 e. The van der Waals surface area contributed by atoms with E-state index in [0.717, 1.165) is 0 Å². The average molecular weight is 268 g/mol. The van der Waals surface area contributed by atoms with Gasteiger partial charge in [0.1, 0.15) is 4.83 Å². The number of carbonyl (C=O) groups excluding carboxylic acids is 1. The Kier molecular flexibility index (Phi) is 5.63. The van der Waals surface area contributed by atoms with E-state index in [0.29, 0.717) is 6.54 Å². The Morgan fingerprint density at radius 2 is 2.14 bits per heavy atom.